The van der Waals surface area contributed by atoms with Crippen molar-refractivity contribution in [1.82, 2.24) is 0 Å². The van der Waals surface area contributed by atoms with E-state index >= 15 is 0 Å². The zero-order chi connectivity index (χ0) is 19.3. The minimum atomic E-state index is -0.264. The van der Waals surface area contributed by atoms with E-state index < -0.39 is 0 Å². The molecule has 0 N–H and O–H groups in total. The van der Waals surface area contributed by atoms with Crippen molar-refractivity contribution in [2.45, 2.75) is 0 Å². The molecule has 0 fully saturated rings. The number of carbonyl (C=O) groups excluding carboxylic acids is 2. The minimum absolute atomic E-state index is 0.197. The molecule has 4 nitrogen and oxygen atoms in total. The molecular formula is C24H18O4. The molecule has 0 unspecified atom stereocenters. The topological polar surface area (TPSA) is 52.6 Å². The number of rotatable bonds is 5. The van der Waals surface area contributed by atoms with Crippen molar-refractivity contribution in [3.63, 3.8) is 0 Å². The Morgan fingerprint density at radius 1 is 0.679 bits per heavy atom. The fourth-order valence-corrected chi connectivity index (χ4v) is 3.05. The quantitative estimate of drug-likeness (QED) is 0.486. The maximum Gasteiger partial charge on any atom is 0.193 e. The van der Waals surface area contributed by atoms with Crippen LogP contribution in [-0.2, 0) is 0 Å². The van der Waals surface area contributed by atoms with Gasteiger partial charge in [0.1, 0.15) is 13.2 Å². The molecule has 0 atom stereocenters. The van der Waals surface area contributed by atoms with Gasteiger partial charge in [-0.1, -0.05) is 60.7 Å². The summed E-state index contributed by atoms with van der Waals surface area (Å²) in [5.41, 5.74) is 2.03. The van der Waals surface area contributed by atoms with Crippen LogP contribution in [0.4, 0.5) is 0 Å². The van der Waals surface area contributed by atoms with Crippen LogP contribution in [0.25, 0.3) is 5.57 Å². The van der Waals surface area contributed by atoms with Gasteiger partial charge in [-0.2, -0.15) is 0 Å². The summed E-state index contributed by atoms with van der Waals surface area (Å²) in [7, 11) is 0. The second-order valence-corrected chi connectivity index (χ2v) is 6.34. The highest BCUT2D eigenvalue weighted by atomic mass is 16.6. The monoisotopic (exact) mass is 370 g/mol. The van der Waals surface area contributed by atoms with E-state index in [1.807, 2.05) is 36.4 Å². The number of carbonyl (C=O) groups is 2. The lowest BCUT2D eigenvalue weighted by Gasteiger charge is -2.18. The first kappa shape index (κ1) is 17.7. The van der Waals surface area contributed by atoms with E-state index in [2.05, 4.69) is 0 Å². The van der Waals surface area contributed by atoms with E-state index in [0.29, 0.717) is 47.0 Å². The number of ether oxygens (including phenoxy) is 2. The molecule has 1 aliphatic rings. The van der Waals surface area contributed by atoms with Crippen LogP contribution in [0.1, 0.15) is 26.3 Å². The maximum atomic E-state index is 13.1. The number of benzene rings is 3. The van der Waals surface area contributed by atoms with Crippen molar-refractivity contribution in [3.8, 4) is 11.5 Å². The summed E-state index contributed by atoms with van der Waals surface area (Å²) >= 11 is 0. The molecule has 28 heavy (non-hydrogen) atoms. The molecule has 3 aromatic rings. The maximum absolute atomic E-state index is 13.1. The van der Waals surface area contributed by atoms with Crippen LogP contribution in [0.5, 0.6) is 11.5 Å². The number of Topliss-reactive ketones (excluding diaryl/α,β-unsaturated/α-hetero) is 1. The van der Waals surface area contributed by atoms with Gasteiger partial charge in [0.2, 0.25) is 0 Å². The summed E-state index contributed by atoms with van der Waals surface area (Å²) in [6, 6.07) is 23.2. The van der Waals surface area contributed by atoms with Gasteiger partial charge in [0.15, 0.2) is 23.1 Å². The molecule has 0 amide bonds. The van der Waals surface area contributed by atoms with Crippen LogP contribution in [0.3, 0.4) is 0 Å². The Morgan fingerprint density at radius 2 is 1.29 bits per heavy atom. The normalized spacial score (nSPS) is 13.1. The van der Waals surface area contributed by atoms with Crippen LogP contribution < -0.4 is 9.47 Å². The predicted octanol–water partition coefficient (Wildman–Crippen LogP) is 4.61. The predicted molar refractivity (Wildman–Crippen MR) is 107 cm³/mol. The Kier molecular flexibility index (Phi) is 5.02. The first-order chi connectivity index (χ1) is 13.7. The van der Waals surface area contributed by atoms with E-state index in [1.54, 1.807) is 42.5 Å². The second kappa shape index (κ2) is 7.92. The largest absolute Gasteiger partial charge is 0.486 e. The minimum Gasteiger partial charge on any atom is -0.486 e. The van der Waals surface area contributed by atoms with E-state index in [-0.39, 0.29) is 11.6 Å². The number of ketones is 2. The lowest BCUT2D eigenvalue weighted by atomic mass is 9.94. The number of hydrogen-bond acceptors (Lipinski definition) is 4. The third kappa shape index (κ3) is 3.71. The fourth-order valence-electron chi connectivity index (χ4n) is 3.05. The second-order valence-electron chi connectivity index (χ2n) is 6.34. The summed E-state index contributed by atoms with van der Waals surface area (Å²) in [5.74, 6) is 0.703. The van der Waals surface area contributed by atoms with Gasteiger partial charge in [-0.3, -0.25) is 9.59 Å². The van der Waals surface area contributed by atoms with Gasteiger partial charge in [0.05, 0.1) is 0 Å². The summed E-state index contributed by atoms with van der Waals surface area (Å²) in [6.45, 7) is 0.937. The summed E-state index contributed by atoms with van der Waals surface area (Å²) in [4.78, 5) is 26.0. The third-order valence-electron chi connectivity index (χ3n) is 4.47. The molecule has 0 spiro atoms. The molecule has 4 heteroatoms. The Labute approximate surface area is 163 Å². The average molecular weight is 370 g/mol. The van der Waals surface area contributed by atoms with Crippen LogP contribution in [0.15, 0.2) is 84.9 Å². The molecule has 0 saturated carbocycles. The highest BCUT2D eigenvalue weighted by Gasteiger charge is 2.18. The van der Waals surface area contributed by atoms with Gasteiger partial charge in [-0.05, 0) is 29.8 Å². The molecule has 1 aliphatic heterocycles. The van der Waals surface area contributed by atoms with Crippen LogP contribution in [0, 0.1) is 0 Å². The molecule has 0 saturated heterocycles. The molecule has 4 rings (SSSR count). The van der Waals surface area contributed by atoms with E-state index in [9.17, 15) is 9.59 Å². The van der Waals surface area contributed by atoms with Gasteiger partial charge in [0.25, 0.3) is 0 Å². The van der Waals surface area contributed by atoms with Crippen molar-refractivity contribution in [2.24, 2.45) is 0 Å². The summed E-state index contributed by atoms with van der Waals surface area (Å²) < 4.78 is 11.1. The van der Waals surface area contributed by atoms with Gasteiger partial charge in [0, 0.05) is 16.7 Å². The zero-order valence-electron chi connectivity index (χ0n) is 15.1. The number of fused-ring (bicyclic) bond motifs is 1. The van der Waals surface area contributed by atoms with E-state index in [0.717, 1.165) is 0 Å². The van der Waals surface area contributed by atoms with Crippen LogP contribution in [-0.4, -0.2) is 24.8 Å². The number of hydrogen-bond donors (Lipinski definition) is 0. The Morgan fingerprint density at radius 3 is 1.96 bits per heavy atom. The van der Waals surface area contributed by atoms with Crippen molar-refractivity contribution in [3.05, 3.63) is 102 Å². The molecule has 1 heterocycles. The highest BCUT2D eigenvalue weighted by molar-refractivity contribution is 6.32. The Bertz CT molecular complexity index is 1040. The standard InChI is InChI=1S/C24H18O4/c25-21(19-11-12-22-23(15-19)28-14-13-27-22)16-20(17-7-3-1-4-8-17)24(26)18-9-5-2-6-10-18/h1-12,15-16H,13-14H2/b20-16-. The molecule has 138 valence electrons. The zero-order valence-corrected chi connectivity index (χ0v) is 15.1. The van der Waals surface area contributed by atoms with Gasteiger partial charge in [-0.25, -0.2) is 0 Å². The van der Waals surface area contributed by atoms with Gasteiger partial charge < -0.3 is 9.47 Å². The van der Waals surface area contributed by atoms with Crippen molar-refractivity contribution < 1.29 is 19.1 Å². The fraction of sp³-hybridized carbons (Fsp3) is 0.0833. The Balaban J connectivity index is 1.73. The van der Waals surface area contributed by atoms with Crippen molar-refractivity contribution in [1.29, 1.82) is 0 Å². The third-order valence-corrected chi connectivity index (χ3v) is 4.47. The molecule has 3 aromatic carbocycles. The average Bonchev–Trinajstić information content (AvgIpc) is 2.77. The van der Waals surface area contributed by atoms with E-state index in [4.69, 9.17) is 9.47 Å². The summed E-state index contributed by atoms with van der Waals surface area (Å²) in [6.07, 6.45) is 1.40. The Hall–Kier alpha value is -3.66. The SMILES string of the molecule is O=C(/C=C(\C(=O)c1ccccc1)c1ccccc1)c1ccc2c(c1)OCCO2. The molecular weight excluding hydrogens is 352 g/mol. The van der Waals surface area contributed by atoms with Crippen molar-refractivity contribution in [2.75, 3.05) is 13.2 Å². The smallest absolute Gasteiger partial charge is 0.193 e. The lowest BCUT2D eigenvalue weighted by Crippen LogP contribution is -2.15. The van der Waals surface area contributed by atoms with E-state index in [1.165, 1.54) is 6.08 Å². The lowest BCUT2D eigenvalue weighted by molar-refractivity contribution is 0.102. The first-order valence-corrected chi connectivity index (χ1v) is 9.03. The van der Waals surface area contributed by atoms with Crippen LogP contribution >= 0.6 is 0 Å². The molecule has 0 radical (unpaired) electrons. The van der Waals surface area contributed by atoms with Crippen molar-refractivity contribution >= 4 is 17.1 Å². The van der Waals surface area contributed by atoms with Crippen LogP contribution in [0.2, 0.25) is 0 Å². The highest BCUT2D eigenvalue weighted by Crippen LogP contribution is 2.31. The molecule has 0 bridgehead atoms. The van der Waals surface area contributed by atoms with Gasteiger partial charge >= 0.3 is 0 Å². The summed E-state index contributed by atoms with van der Waals surface area (Å²) in [5, 5.41) is 0. The van der Waals surface area contributed by atoms with Gasteiger partial charge in [-0.15, -0.1) is 0 Å². The number of allylic oxidation sites excluding steroid dienone is 2. The molecule has 0 aliphatic carbocycles. The molecule has 0 aromatic heterocycles. The first-order valence-electron chi connectivity index (χ1n) is 9.03.